The monoisotopic (exact) mass is 331 g/mol. The van der Waals surface area contributed by atoms with E-state index in [1.165, 1.54) is 13.2 Å². The zero-order chi connectivity index (χ0) is 17.6. The van der Waals surface area contributed by atoms with Gasteiger partial charge in [-0.2, -0.15) is 13.2 Å². The standard InChI is InChI=1S/C15H21BF3NO3/c1-13(2)14(3,4)23-16(22-13)12(20)9-6-10(15(17,18)19)8-11(7-9)21-5/h6-8,12H,20H2,1-5H3/t12-/m1/s1. The molecule has 0 unspecified atom stereocenters. The van der Waals surface area contributed by atoms with Crippen LogP contribution in [0.2, 0.25) is 0 Å². The first kappa shape index (κ1) is 18.1. The highest BCUT2D eigenvalue weighted by Gasteiger charge is 2.53. The minimum Gasteiger partial charge on any atom is -0.497 e. The second-order valence-corrected chi connectivity index (χ2v) is 6.64. The molecule has 2 rings (SSSR count). The summed E-state index contributed by atoms with van der Waals surface area (Å²) in [6.45, 7) is 7.41. The highest BCUT2D eigenvalue weighted by molar-refractivity contribution is 6.47. The molecule has 0 amide bonds. The maximum Gasteiger partial charge on any atom is 0.480 e. The second kappa shape index (κ2) is 5.68. The third-order valence-electron chi connectivity index (χ3n) is 4.44. The van der Waals surface area contributed by atoms with Crippen LogP contribution in [0.25, 0.3) is 0 Å². The SMILES string of the molecule is COc1cc([C@@H](N)B2OC(C)(C)C(C)(C)O2)cc(C(F)(F)F)c1. The topological polar surface area (TPSA) is 53.7 Å². The fourth-order valence-corrected chi connectivity index (χ4v) is 2.29. The first-order valence-electron chi connectivity index (χ1n) is 7.25. The van der Waals surface area contributed by atoms with Gasteiger partial charge in [0.15, 0.2) is 0 Å². The van der Waals surface area contributed by atoms with Crippen LogP contribution in [0.15, 0.2) is 18.2 Å². The van der Waals surface area contributed by atoms with Gasteiger partial charge in [-0.3, -0.25) is 0 Å². The van der Waals surface area contributed by atoms with Crippen molar-refractivity contribution in [2.24, 2.45) is 5.73 Å². The summed E-state index contributed by atoms with van der Waals surface area (Å²) in [5.41, 5.74) is 4.31. The third kappa shape index (κ3) is 3.49. The third-order valence-corrected chi connectivity index (χ3v) is 4.44. The first-order chi connectivity index (χ1) is 10.4. The Labute approximate surface area is 134 Å². The predicted molar refractivity (Wildman–Crippen MR) is 81.0 cm³/mol. The molecule has 0 radical (unpaired) electrons. The van der Waals surface area contributed by atoms with Crippen LogP contribution in [0.4, 0.5) is 13.2 Å². The Hall–Kier alpha value is -1.25. The van der Waals surface area contributed by atoms with Crippen molar-refractivity contribution in [3.63, 3.8) is 0 Å². The largest absolute Gasteiger partial charge is 0.497 e. The maximum absolute atomic E-state index is 13.0. The summed E-state index contributed by atoms with van der Waals surface area (Å²) in [5.74, 6) is -0.783. The van der Waals surface area contributed by atoms with Gasteiger partial charge in [-0.05, 0) is 51.5 Å². The molecule has 4 nitrogen and oxygen atoms in total. The van der Waals surface area contributed by atoms with Crippen molar-refractivity contribution in [3.8, 4) is 5.75 Å². The number of ether oxygens (including phenoxy) is 1. The molecule has 1 heterocycles. The lowest BCUT2D eigenvalue weighted by molar-refractivity contribution is -0.137. The maximum atomic E-state index is 13.0. The number of rotatable bonds is 3. The molecule has 0 spiro atoms. The van der Waals surface area contributed by atoms with Crippen LogP contribution >= 0.6 is 0 Å². The van der Waals surface area contributed by atoms with Gasteiger partial charge < -0.3 is 19.8 Å². The Kier molecular flexibility index (Phi) is 4.47. The van der Waals surface area contributed by atoms with Gasteiger partial charge in [-0.25, -0.2) is 0 Å². The fraction of sp³-hybridized carbons (Fsp3) is 0.600. The van der Waals surface area contributed by atoms with E-state index in [0.29, 0.717) is 0 Å². The van der Waals surface area contributed by atoms with Crippen LogP contribution in [-0.4, -0.2) is 25.4 Å². The molecule has 2 N–H and O–H groups in total. The molecule has 8 heteroatoms. The van der Waals surface area contributed by atoms with Crippen LogP contribution in [0, 0.1) is 0 Å². The smallest absolute Gasteiger partial charge is 0.480 e. The van der Waals surface area contributed by atoms with Crippen molar-refractivity contribution in [2.75, 3.05) is 7.11 Å². The molecule has 1 atom stereocenters. The van der Waals surface area contributed by atoms with Gasteiger partial charge in [0.25, 0.3) is 0 Å². The van der Waals surface area contributed by atoms with Crippen LogP contribution in [0.1, 0.15) is 44.8 Å². The number of hydrogen-bond acceptors (Lipinski definition) is 4. The summed E-state index contributed by atoms with van der Waals surface area (Å²) in [5, 5.41) is 0. The van der Waals surface area contributed by atoms with E-state index in [0.717, 1.165) is 12.1 Å². The number of methoxy groups -OCH3 is 1. The molecular formula is C15H21BF3NO3. The number of hydrogen-bond donors (Lipinski definition) is 1. The average molecular weight is 331 g/mol. The lowest BCUT2D eigenvalue weighted by Gasteiger charge is -2.32. The Bertz CT molecular complexity index is 574. The van der Waals surface area contributed by atoms with Crippen LogP contribution in [-0.2, 0) is 15.5 Å². The number of benzene rings is 1. The normalized spacial score (nSPS) is 21.3. The number of halogens is 3. The molecular weight excluding hydrogens is 310 g/mol. The fourth-order valence-electron chi connectivity index (χ4n) is 2.29. The van der Waals surface area contributed by atoms with Crippen LogP contribution in [0.3, 0.4) is 0 Å². The van der Waals surface area contributed by atoms with Crippen LogP contribution < -0.4 is 10.5 Å². The molecule has 1 fully saturated rings. The van der Waals surface area contributed by atoms with Gasteiger partial charge in [0.05, 0.1) is 29.8 Å². The van der Waals surface area contributed by atoms with Gasteiger partial charge in [0, 0.05) is 0 Å². The molecule has 0 aliphatic carbocycles. The van der Waals surface area contributed by atoms with E-state index in [2.05, 4.69) is 0 Å². The Morgan fingerprint density at radius 2 is 1.61 bits per heavy atom. The van der Waals surface area contributed by atoms with Crippen LogP contribution in [0.5, 0.6) is 5.75 Å². The predicted octanol–water partition coefficient (Wildman–Crippen LogP) is 3.35. The highest BCUT2D eigenvalue weighted by Crippen LogP contribution is 2.41. The van der Waals surface area contributed by atoms with Gasteiger partial charge in [0.2, 0.25) is 0 Å². The quantitative estimate of drug-likeness (QED) is 0.863. The van der Waals surface area contributed by atoms with E-state index in [1.807, 2.05) is 27.7 Å². The summed E-state index contributed by atoms with van der Waals surface area (Å²) < 4.78 is 55.6. The van der Waals surface area contributed by atoms with Gasteiger partial charge >= 0.3 is 13.3 Å². The zero-order valence-electron chi connectivity index (χ0n) is 13.8. The van der Waals surface area contributed by atoms with Crippen molar-refractivity contribution in [3.05, 3.63) is 29.3 Å². The van der Waals surface area contributed by atoms with E-state index in [9.17, 15) is 13.2 Å². The van der Waals surface area contributed by atoms with Crippen molar-refractivity contribution in [2.45, 2.75) is 51.0 Å². The molecule has 1 saturated heterocycles. The first-order valence-corrected chi connectivity index (χ1v) is 7.25. The summed E-state index contributed by atoms with van der Waals surface area (Å²) in [6, 6.07) is 3.39. The molecule has 1 aliphatic heterocycles. The second-order valence-electron chi connectivity index (χ2n) is 6.64. The van der Waals surface area contributed by atoms with Crippen molar-refractivity contribution >= 4 is 7.12 Å². The van der Waals surface area contributed by atoms with E-state index >= 15 is 0 Å². The molecule has 128 valence electrons. The molecule has 1 aromatic rings. The molecule has 1 aromatic carbocycles. The van der Waals surface area contributed by atoms with Gasteiger partial charge in [0.1, 0.15) is 5.75 Å². The van der Waals surface area contributed by atoms with E-state index < -0.39 is 36.0 Å². The van der Waals surface area contributed by atoms with E-state index in [4.69, 9.17) is 19.8 Å². The Balaban J connectivity index is 2.35. The molecule has 0 aromatic heterocycles. The molecule has 23 heavy (non-hydrogen) atoms. The Morgan fingerprint density at radius 3 is 2.04 bits per heavy atom. The lowest BCUT2D eigenvalue weighted by Crippen LogP contribution is -2.41. The lowest BCUT2D eigenvalue weighted by atomic mass is 9.74. The number of nitrogens with two attached hydrogens (primary N) is 1. The summed E-state index contributed by atoms with van der Waals surface area (Å²) in [6.07, 6.45) is -4.49. The van der Waals surface area contributed by atoms with E-state index in [1.54, 1.807) is 0 Å². The minimum absolute atomic E-state index is 0.0850. The van der Waals surface area contributed by atoms with Crippen molar-refractivity contribution < 1.29 is 27.2 Å². The highest BCUT2D eigenvalue weighted by atomic mass is 19.4. The molecule has 0 saturated carbocycles. The molecule has 1 aliphatic rings. The zero-order valence-corrected chi connectivity index (χ0v) is 13.8. The summed E-state index contributed by atoms with van der Waals surface area (Å²) >= 11 is 0. The molecule has 0 bridgehead atoms. The number of alkyl halides is 3. The van der Waals surface area contributed by atoms with Gasteiger partial charge in [-0.1, -0.05) is 0 Å². The Morgan fingerprint density at radius 1 is 1.09 bits per heavy atom. The minimum atomic E-state index is -4.49. The van der Waals surface area contributed by atoms with Crippen molar-refractivity contribution in [1.82, 2.24) is 0 Å². The van der Waals surface area contributed by atoms with Gasteiger partial charge in [-0.15, -0.1) is 0 Å². The average Bonchev–Trinajstić information content (AvgIpc) is 2.65. The summed E-state index contributed by atoms with van der Waals surface area (Å²) in [4.78, 5) is 0. The summed E-state index contributed by atoms with van der Waals surface area (Å²) in [7, 11) is 0.466. The van der Waals surface area contributed by atoms with E-state index in [-0.39, 0.29) is 11.3 Å². The van der Waals surface area contributed by atoms with Crippen molar-refractivity contribution in [1.29, 1.82) is 0 Å².